The lowest BCUT2D eigenvalue weighted by Crippen LogP contribution is -2.04. The molecule has 0 bridgehead atoms. The average Bonchev–Trinajstić information content (AvgIpc) is 2.79. The fourth-order valence-electron chi connectivity index (χ4n) is 1.41. The summed E-state index contributed by atoms with van der Waals surface area (Å²) in [4.78, 5) is 0. The molecule has 18 heavy (non-hydrogen) atoms. The molecule has 7 heteroatoms. The van der Waals surface area contributed by atoms with Gasteiger partial charge in [0.05, 0.1) is 19.3 Å². The highest BCUT2D eigenvalue weighted by Crippen LogP contribution is 2.27. The predicted molar refractivity (Wildman–Crippen MR) is 63.3 cm³/mol. The standard InChI is InChI=1S/C11H13FN4O2/c1-13-6-10-15-16-11(18-10)14-8-4-3-7(12)5-9(8)17-2/h3-5,13H,6H2,1-2H3,(H,14,16). The summed E-state index contributed by atoms with van der Waals surface area (Å²) < 4.78 is 23.4. The second kappa shape index (κ2) is 5.46. The maximum absolute atomic E-state index is 13.0. The van der Waals surface area contributed by atoms with Crippen molar-refractivity contribution < 1.29 is 13.5 Å². The Kier molecular flexibility index (Phi) is 3.73. The van der Waals surface area contributed by atoms with Crippen molar-refractivity contribution in [2.24, 2.45) is 0 Å². The lowest BCUT2D eigenvalue weighted by atomic mass is 10.3. The number of aromatic nitrogens is 2. The zero-order valence-electron chi connectivity index (χ0n) is 10.0. The lowest BCUT2D eigenvalue weighted by Gasteiger charge is -2.07. The summed E-state index contributed by atoms with van der Waals surface area (Å²) in [5.41, 5.74) is 0.554. The number of ether oxygens (including phenoxy) is 1. The molecule has 0 amide bonds. The molecule has 0 aliphatic heterocycles. The van der Waals surface area contributed by atoms with Crippen LogP contribution in [0.3, 0.4) is 0 Å². The van der Waals surface area contributed by atoms with Gasteiger partial charge in [-0.1, -0.05) is 5.10 Å². The number of anilines is 2. The minimum atomic E-state index is -0.376. The Hall–Kier alpha value is -2.15. The van der Waals surface area contributed by atoms with Gasteiger partial charge in [0.1, 0.15) is 11.6 Å². The molecule has 2 rings (SSSR count). The van der Waals surface area contributed by atoms with E-state index in [0.29, 0.717) is 23.9 Å². The van der Waals surface area contributed by atoms with E-state index >= 15 is 0 Å². The molecule has 0 saturated heterocycles. The van der Waals surface area contributed by atoms with Crippen LogP contribution in [-0.2, 0) is 6.54 Å². The summed E-state index contributed by atoms with van der Waals surface area (Å²) in [5.74, 6) is 0.447. The van der Waals surface area contributed by atoms with Crippen LogP contribution >= 0.6 is 0 Å². The first-order valence-corrected chi connectivity index (χ1v) is 5.30. The fourth-order valence-corrected chi connectivity index (χ4v) is 1.41. The van der Waals surface area contributed by atoms with Crippen molar-refractivity contribution in [2.75, 3.05) is 19.5 Å². The molecule has 1 aromatic carbocycles. The molecule has 6 nitrogen and oxygen atoms in total. The molecule has 1 heterocycles. The smallest absolute Gasteiger partial charge is 0.320 e. The molecule has 2 aromatic rings. The van der Waals surface area contributed by atoms with Crippen LogP contribution in [-0.4, -0.2) is 24.4 Å². The van der Waals surface area contributed by atoms with E-state index in [1.165, 1.54) is 25.3 Å². The first-order chi connectivity index (χ1) is 8.72. The number of rotatable bonds is 5. The average molecular weight is 252 g/mol. The highest BCUT2D eigenvalue weighted by atomic mass is 19.1. The third kappa shape index (κ3) is 2.75. The van der Waals surface area contributed by atoms with Crippen molar-refractivity contribution in [1.29, 1.82) is 0 Å². The summed E-state index contributed by atoms with van der Waals surface area (Å²) in [6, 6.07) is 4.35. The van der Waals surface area contributed by atoms with Gasteiger partial charge >= 0.3 is 6.01 Å². The van der Waals surface area contributed by atoms with E-state index in [1.54, 1.807) is 7.05 Å². The number of nitrogens with zero attached hydrogens (tertiary/aromatic N) is 2. The van der Waals surface area contributed by atoms with Crippen LogP contribution < -0.4 is 15.4 Å². The van der Waals surface area contributed by atoms with Crippen LogP contribution in [0.4, 0.5) is 16.1 Å². The molecule has 0 spiro atoms. The summed E-state index contributed by atoms with van der Waals surface area (Å²) in [7, 11) is 3.24. The normalized spacial score (nSPS) is 10.4. The third-order valence-corrected chi connectivity index (χ3v) is 2.20. The number of benzene rings is 1. The Morgan fingerprint density at radius 2 is 2.22 bits per heavy atom. The number of nitrogens with one attached hydrogen (secondary N) is 2. The van der Waals surface area contributed by atoms with Gasteiger partial charge in [0.25, 0.3) is 0 Å². The number of hydrogen-bond acceptors (Lipinski definition) is 6. The zero-order valence-corrected chi connectivity index (χ0v) is 10.0. The van der Waals surface area contributed by atoms with Crippen LogP contribution in [0.15, 0.2) is 22.6 Å². The summed E-state index contributed by atoms with van der Waals surface area (Å²) in [5, 5.41) is 13.4. The predicted octanol–water partition coefficient (Wildman–Crippen LogP) is 1.68. The Balaban J connectivity index is 2.17. The number of hydrogen-bond donors (Lipinski definition) is 2. The van der Waals surface area contributed by atoms with Crippen LogP contribution in [0.5, 0.6) is 5.75 Å². The Morgan fingerprint density at radius 3 is 2.94 bits per heavy atom. The first kappa shape index (κ1) is 12.3. The molecule has 0 radical (unpaired) electrons. The largest absolute Gasteiger partial charge is 0.494 e. The van der Waals surface area contributed by atoms with Crippen molar-refractivity contribution in [3.8, 4) is 5.75 Å². The second-order valence-electron chi connectivity index (χ2n) is 3.50. The Labute approximate surface area is 103 Å². The van der Waals surface area contributed by atoms with Crippen LogP contribution in [0.1, 0.15) is 5.89 Å². The van der Waals surface area contributed by atoms with E-state index in [0.717, 1.165) is 0 Å². The van der Waals surface area contributed by atoms with Gasteiger partial charge in [0.15, 0.2) is 0 Å². The van der Waals surface area contributed by atoms with Crippen molar-refractivity contribution in [1.82, 2.24) is 15.5 Å². The van der Waals surface area contributed by atoms with Crippen molar-refractivity contribution in [2.45, 2.75) is 6.54 Å². The Morgan fingerprint density at radius 1 is 1.39 bits per heavy atom. The van der Waals surface area contributed by atoms with Crippen molar-refractivity contribution in [3.63, 3.8) is 0 Å². The van der Waals surface area contributed by atoms with Gasteiger partial charge in [-0.3, -0.25) is 0 Å². The minimum absolute atomic E-state index is 0.227. The first-order valence-electron chi connectivity index (χ1n) is 5.30. The van der Waals surface area contributed by atoms with Crippen LogP contribution in [0.25, 0.3) is 0 Å². The molecule has 0 aliphatic rings. The maximum Gasteiger partial charge on any atom is 0.320 e. The molecule has 0 atom stereocenters. The van der Waals surface area contributed by atoms with Crippen LogP contribution in [0.2, 0.25) is 0 Å². The van der Waals surface area contributed by atoms with Gasteiger partial charge in [0, 0.05) is 6.07 Å². The zero-order chi connectivity index (χ0) is 13.0. The molecule has 0 fully saturated rings. The van der Waals surface area contributed by atoms with Gasteiger partial charge in [0.2, 0.25) is 5.89 Å². The molecule has 96 valence electrons. The van der Waals surface area contributed by atoms with Crippen LogP contribution in [0, 0.1) is 5.82 Å². The van der Waals surface area contributed by atoms with E-state index in [4.69, 9.17) is 9.15 Å². The fraction of sp³-hybridized carbons (Fsp3) is 0.273. The molecule has 2 N–H and O–H groups in total. The Bertz CT molecular complexity index is 530. The maximum atomic E-state index is 13.0. The van der Waals surface area contributed by atoms with E-state index in [2.05, 4.69) is 20.8 Å². The molecular weight excluding hydrogens is 239 g/mol. The lowest BCUT2D eigenvalue weighted by molar-refractivity contribution is 0.413. The van der Waals surface area contributed by atoms with E-state index < -0.39 is 0 Å². The van der Waals surface area contributed by atoms with E-state index in [9.17, 15) is 4.39 Å². The highest BCUT2D eigenvalue weighted by Gasteiger charge is 2.09. The third-order valence-electron chi connectivity index (χ3n) is 2.20. The molecule has 0 saturated carbocycles. The number of methoxy groups -OCH3 is 1. The molecule has 0 unspecified atom stereocenters. The van der Waals surface area contributed by atoms with E-state index in [1.807, 2.05) is 0 Å². The highest BCUT2D eigenvalue weighted by molar-refractivity contribution is 5.61. The SMILES string of the molecule is CNCc1nnc(Nc2ccc(F)cc2OC)o1. The van der Waals surface area contributed by atoms with Gasteiger partial charge in [-0.25, -0.2) is 4.39 Å². The molecular formula is C11H13FN4O2. The van der Waals surface area contributed by atoms with Gasteiger partial charge in [-0.2, -0.15) is 0 Å². The summed E-state index contributed by atoms with van der Waals surface area (Å²) in [6.45, 7) is 0.481. The summed E-state index contributed by atoms with van der Waals surface area (Å²) in [6.07, 6.45) is 0. The molecule has 1 aromatic heterocycles. The monoisotopic (exact) mass is 252 g/mol. The van der Waals surface area contributed by atoms with Gasteiger partial charge < -0.3 is 19.8 Å². The topological polar surface area (TPSA) is 72.2 Å². The quantitative estimate of drug-likeness (QED) is 0.843. The van der Waals surface area contributed by atoms with Crippen molar-refractivity contribution in [3.05, 3.63) is 29.9 Å². The molecule has 0 aliphatic carbocycles. The van der Waals surface area contributed by atoms with Crippen molar-refractivity contribution >= 4 is 11.7 Å². The van der Waals surface area contributed by atoms with Gasteiger partial charge in [-0.15, -0.1) is 5.10 Å². The minimum Gasteiger partial charge on any atom is -0.494 e. The second-order valence-corrected chi connectivity index (χ2v) is 3.50. The van der Waals surface area contributed by atoms with E-state index in [-0.39, 0.29) is 11.8 Å². The summed E-state index contributed by atoms with van der Waals surface area (Å²) >= 11 is 0. The number of halogens is 1. The van der Waals surface area contributed by atoms with Gasteiger partial charge in [-0.05, 0) is 19.2 Å².